The lowest BCUT2D eigenvalue weighted by atomic mass is 10.1. The molecule has 1 rings (SSSR count). The van der Waals surface area contributed by atoms with E-state index in [1.807, 2.05) is 20.8 Å². The van der Waals surface area contributed by atoms with Crippen LogP contribution in [0.4, 0.5) is 4.79 Å². The van der Waals surface area contributed by atoms with Crippen LogP contribution in [0.5, 0.6) is 0 Å². The van der Waals surface area contributed by atoms with Crippen molar-refractivity contribution in [3.05, 3.63) is 0 Å². The van der Waals surface area contributed by atoms with E-state index < -0.39 is 20.9 Å². The zero-order chi connectivity index (χ0) is 15.6. The van der Waals surface area contributed by atoms with Crippen molar-refractivity contribution < 1.29 is 17.9 Å². The molecule has 118 valence electrons. The largest absolute Gasteiger partial charge is 0.444 e. The fraction of sp³-hybridized carbons (Fsp3) is 0.923. The van der Waals surface area contributed by atoms with Gasteiger partial charge < -0.3 is 9.64 Å². The molecule has 0 saturated carbocycles. The predicted octanol–water partition coefficient (Wildman–Crippen LogP) is 1.71. The average Bonchev–Trinajstić information content (AvgIpc) is 2.26. The summed E-state index contributed by atoms with van der Waals surface area (Å²) >= 11 is 0. The summed E-state index contributed by atoms with van der Waals surface area (Å²) in [7, 11) is -3.25. The monoisotopic (exact) mass is 306 g/mol. The van der Waals surface area contributed by atoms with Gasteiger partial charge >= 0.3 is 6.09 Å². The van der Waals surface area contributed by atoms with Gasteiger partial charge in [0.05, 0.1) is 5.25 Å². The van der Waals surface area contributed by atoms with Gasteiger partial charge in [0.15, 0.2) is 0 Å². The molecular formula is C13H26N2O4S. The van der Waals surface area contributed by atoms with Crippen LogP contribution >= 0.6 is 0 Å². The van der Waals surface area contributed by atoms with Crippen molar-refractivity contribution in [1.82, 2.24) is 9.62 Å². The third-order valence-electron chi connectivity index (χ3n) is 3.10. The van der Waals surface area contributed by atoms with Gasteiger partial charge in [0.1, 0.15) is 5.60 Å². The van der Waals surface area contributed by atoms with E-state index in [0.717, 1.165) is 0 Å². The lowest BCUT2D eigenvalue weighted by Gasteiger charge is -2.33. The summed E-state index contributed by atoms with van der Waals surface area (Å²) in [5, 5.41) is -0.439. The number of likely N-dealkylation sites (tertiary alicyclic amines) is 1. The van der Waals surface area contributed by atoms with Crippen molar-refractivity contribution in [2.24, 2.45) is 0 Å². The van der Waals surface area contributed by atoms with Crippen molar-refractivity contribution in [3.63, 3.8) is 0 Å². The number of ether oxygens (including phenoxy) is 1. The van der Waals surface area contributed by atoms with Gasteiger partial charge in [-0.25, -0.2) is 17.9 Å². The summed E-state index contributed by atoms with van der Waals surface area (Å²) in [4.78, 5) is 13.5. The topological polar surface area (TPSA) is 75.7 Å². The maximum Gasteiger partial charge on any atom is 0.410 e. The lowest BCUT2D eigenvalue weighted by molar-refractivity contribution is 0.0203. The summed E-state index contributed by atoms with van der Waals surface area (Å²) in [6.45, 7) is 9.81. The van der Waals surface area contributed by atoms with Crippen molar-refractivity contribution >= 4 is 16.1 Å². The molecule has 1 heterocycles. The molecule has 0 atom stereocenters. The molecule has 1 aliphatic rings. The molecule has 0 aromatic carbocycles. The first-order valence-electron chi connectivity index (χ1n) is 7.00. The molecule has 0 bridgehead atoms. The molecule has 0 unspecified atom stereocenters. The Hall–Kier alpha value is -0.820. The van der Waals surface area contributed by atoms with Gasteiger partial charge in [-0.2, -0.15) is 0 Å². The molecule has 1 fully saturated rings. The molecule has 1 aliphatic heterocycles. The van der Waals surface area contributed by atoms with Gasteiger partial charge in [-0.1, -0.05) is 0 Å². The molecule has 7 heteroatoms. The molecule has 1 amide bonds. The fourth-order valence-electron chi connectivity index (χ4n) is 1.87. The quantitative estimate of drug-likeness (QED) is 0.861. The van der Waals surface area contributed by atoms with E-state index in [1.165, 1.54) is 0 Å². The van der Waals surface area contributed by atoms with E-state index in [0.29, 0.717) is 25.9 Å². The highest BCUT2D eigenvalue weighted by Gasteiger charge is 2.29. The van der Waals surface area contributed by atoms with Crippen LogP contribution in [0, 0.1) is 0 Å². The zero-order valence-electron chi connectivity index (χ0n) is 13.0. The van der Waals surface area contributed by atoms with Crippen LogP contribution in [0.25, 0.3) is 0 Å². The van der Waals surface area contributed by atoms with Gasteiger partial charge in [0.2, 0.25) is 10.0 Å². The summed E-state index contributed by atoms with van der Waals surface area (Å²) in [6, 6.07) is -0.0962. The zero-order valence-corrected chi connectivity index (χ0v) is 13.8. The van der Waals surface area contributed by atoms with Crippen LogP contribution in [0.1, 0.15) is 47.5 Å². The first kappa shape index (κ1) is 17.2. The number of sulfonamides is 1. The molecule has 20 heavy (non-hydrogen) atoms. The van der Waals surface area contributed by atoms with Crippen LogP contribution < -0.4 is 4.72 Å². The van der Waals surface area contributed by atoms with E-state index in [2.05, 4.69) is 4.72 Å². The van der Waals surface area contributed by atoms with Gasteiger partial charge in [-0.05, 0) is 47.5 Å². The minimum atomic E-state index is -3.25. The minimum absolute atomic E-state index is 0.0962. The minimum Gasteiger partial charge on any atom is -0.444 e. The van der Waals surface area contributed by atoms with Crippen LogP contribution in [0.15, 0.2) is 0 Å². The Morgan fingerprint density at radius 2 is 1.75 bits per heavy atom. The summed E-state index contributed by atoms with van der Waals surface area (Å²) < 4.78 is 31.6. The number of hydrogen-bond donors (Lipinski definition) is 1. The maximum atomic E-state index is 11.9. The number of nitrogens with one attached hydrogen (secondary N) is 1. The van der Waals surface area contributed by atoms with Gasteiger partial charge in [-0.3, -0.25) is 0 Å². The summed E-state index contributed by atoms with van der Waals surface area (Å²) in [5.74, 6) is 0. The smallest absolute Gasteiger partial charge is 0.410 e. The van der Waals surface area contributed by atoms with Gasteiger partial charge in [0.25, 0.3) is 0 Å². The Morgan fingerprint density at radius 3 is 2.15 bits per heavy atom. The number of nitrogens with zero attached hydrogens (tertiary/aromatic N) is 1. The van der Waals surface area contributed by atoms with E-state index in [4.69, 9.17) is 4.74 Å². The first-order valence-corrected chi connectivity index (χ1v) is 8.55. The van der Waals surface area contributed by atoms with E-state index >= 15 is 0 Å². The van der Waals surface area contributed by atoms with E-state index in [1.54, 1.807) is 18.7 Å². The first-order chi connectivity index (χ1) is 9.01. The molecule has 0 spiro atoms. The molecule has 0 radical (unpaired) electrons. The Bertz CT molecular complexity index is 432. The number of amides is 1. The van der Waals surface area contributed by atoms with Crippen molar-refractivity contribution in [3.8, 4) is 0 Å². The Morgan fingerprint density at radius 1 is 1.25 bits per heavy atom. The summed E-state index contributed by atoms with van der Waals surface area (Å²) in [5.41, 5.74) is -0.507. The third-order valence-corrected chi connectivity index (χ3v) is 5.00. The Labute approximate surface area is 121 Å². The Balaban J connectivity index is 2.46. The molecule has 1 N–H and O–H groups in total. The lowest BCUT2D eigenvalue weighted by Crippen LogP contribution is -2.48. The van der Waals surface area contributed by atoms with Crippen LogP contribution in [-0.2, 0) is 14.8 Å². The van der Waals surface area contributed by atoms with Gasteiger partial charge in [0, 0.05) is 19.1 Å². The fourth-order valence-corrected chi connectivity index (χ4v) is 2.85. The SMILES string of the molecule is CC(C)S(=O)(=O)NC1CCN(C(=O)OC(C)(C)C)CC1. The van der Waals surface area contributed by atoms with Crippen molar-refractivity contribution in [2.45, 2.75) is 64.4 Å². The maximum absolute atomic E-state index is 11.9. The second-order valence-electron chi connectivity index (χ2n) is 6.45. The van der Waals surface area contributed by atoms with Crippen molar-refractivity contribution in [1.29, 1.82) is 0 Å². The number of rotatable bonds is 3. The van der Waals surface area contributed by atoms with Crippen LogP contribution in [-0.4, -0.2) is 49.4 Å². The van der Waals surface area contributed by atoms with Crippen LogP contribution in [0.3, 0.4) is 0 Å². The normalized spacial score (nSPS) is 18.4. The number of carbonyl (C=O) groups excluding carboxylic acids is 1. The highest BCUT2D eigenvalue weighted by Crippen LogP contribution is 2.16. The van der Waals surface area contributed by atoms with Crippen molar-refractivity contribution in [2.75, 3.05) is 13.1 Å². The number of hydrogen-bond acceptors (Lipinski definition) is 4. The molecule has 0 aliphatic carbocycles. The number of piperidine rings is 1. The molecular weight excluding hydrogens is 280 g/mol. The highest BCUT2D eigenvalue weighted by atomic mass is 32.2. The molecule has 6 nitrogen and oxygen atoms in total. The van der Waals surface area contributed by atoms with Crippen LogP contribution in [0.2, 0.25) is 0 Å². The standard InChI is InChI=1S/C13H26N2O4S/c1-10(2)20(17,18)14-11-6-8-15(9-7-11)12(16)19-13(3,4)5/h10-11,14H,6-9H2,1-5H3. The Kier molecular flexibility index (Phi) is 5.43. The van der Waals surface area contributed by atoms with E-state index in [9.17, 15) is 13.2 Å². The predicted molar refractivity (Wildman–Crippen MR) is 78.0 cm³/mol. The van der Waals surface area contributed by atoms with E-state index in [-0.39, 0.29) is 12.1 Å². The number of carbonyl (C=O) groups is 1. The second-order valence-corrected chi connectivity index (χ2v) is 8.72. The highest BCUT2D eigenvalue weighted by molar-refractivity contribution is 7.90. The molecule has 0 aromatic heterocycles. The summed E-state index contributed by atoms with van der Waals surface area (Å²) in [6.07, 6.45) is 0.902. The molecule has 1 saturated heterocycles. The third kappa shape index (κ3) is 5.28. The van der Waals surface area contributed by atoms with Gasteiger partial charge in [-0.15, -0.1) is 0 Å². The second kappa shape index (κ2) is 6.30. The molecule has 0 aromatic rings. The average molecular weight is 306 g/mol.